The fraction of sp³-hybridized carbons (Fsp3) is 0.440. The lowest BCUT2D eigenvalue weighted by molar-refractivity contribution is -0.134. The van der Waals surface area contributed by atoms with Crippen molar-refractivity contribution in [2.75, 3.05) is 18.5 Å². The lowest BCUT2D eigenvalue weighted by Gasteiger charge is -2.27. The molecule has 0 bridgehead atoms. The van der Waals surface area contributed by atoms with Crippen LogP contribution in [0.3, 0.4) is 0 Å². The van der Waals surface area contributed by atoms with Gasteiger partial charge in [-0.2, -0.15) is 8.42 Å². The maximum Gasteiger partial charge on any atom is 0.339 e. The Labute approximate surface area is 211 Å². The molecule has 0 aromatic heterocycles. The van der Waals surface area contributed by atoms with Crippen LogP contribution in [0.5, 0.6) is 5.75 Å². The van der Waals surface area contributed by atoms with Crippen molar-refractivity contribution in [2.45, 2.75) is 57.6 Å². The normalized spacial score (nSPS) is 15.7. The lowest BCUT2D eigenvalue weighted by atomic mass is 10.1. The lowest BCUT2D eigenvalue weighted by Crippen LogP contribution is -2.37. The fourth-order valence-corrected chi connectivity index (χ4v) is 4.96. The molecule has 0 radical (unpaired) electrons. The Morgan fingerprint density at radius 2 is 1.91 bits per heavy atom. The molecule has 1 N–H and O–H groups in total. The van der Waals surface area contributed by atoms with Crippen molar-refractivity contribution in [3.05, 3.63) is 53.1 Å². The Kier molecular flexibility index (Phi) is 9.15. The van der Waals surface area contributed by atoms with Crippen LogP contribution in [0, 0.1) is 5.92 Å². The molecule has 190 valence electrons. The average Bonchev–Trinajstić information content (AvgIpc) is 3.28. The van der Waals surface area contributed by atoms with E-state index in [1.807, 2.05) is 13.8 Å². The predicted octanol–water partition coefficient (Wildman–Crippen LogP) is 4.62. The van der Waals surface area contributed by atoms with E-state index in [1.165, 1.54) is 43.3 Å². The third-order valence-electron chi connectivity index (χ3n) is 5.43. The first-order valence-corrected chi connectivity index (χ1v) is 13.3. The van der Waals surface area contributed by atoms with Crippen LogP contribution < -0.4 is 9.50 Å². The van der Waals surface area contributed by atoms with E-state index in [2.05, 4.69) is 5.32 Å². The summed E-state index contributed by atoms with van der Waals surface area (Å²) in [5.74, 6) is -0.0412. The van der Waals surface area contributed by atoms with Crippen LogP contribution in [0.15, 0.2) is 47.4 Å². The van der Waals surface area contributed by atoms with E-state index in [0.29, 0.717) is 35.8 Å². The van der Waals surface area contributed by atoms with Crippen molar-refractivity contribution >= 4 is 39.2 Å². The molecule has 2 amide bonds. The van der Waals surface area contributed by atoms with Crippen molar-refractivity contribution in [1.82, 2.24) is 4.90 Å². The summed E-state index contributed by atoms with van der Waals surface area (Å²) in [5, 5.41) is 2.99. The highest BCUT2D eigenvalue weighted by molar-refractivity contribution is 7.87. The first-order chi connectivity index (χ1) is 16.5. The number of benzene rings is 2. The Bertz CT molecular complexity index is 1150. The zero-order chi connectivity index (χ0) is 25.6. The number of hydrogen-bond acceptors (Lipinski definition) is 6. The second-order valence-electron chi connectivity index (χ2n) is 9.00. The zero-order valence-electron chi connectivity index (χ0n) is 20.1. The molecule has 0 saturated carbocycles. The second-order valence-corrected chi connectivity index (χ2v) is 11.0. The number of anilines is 1. The van der Waals surface area contributed by atoms with Gasteiger partial charge in [-0.05, 0) is 61.2 Å². The van der Waals surface area contributed by atoms with E-state index < -0.39 is 10.1 Å². The number of nitrogens with one attached hydrogen (secondary N) is 1. The number of amides is 2. The topological polar surface area (TPSA) is 102 Å². The van der Waals surface area contributed by atoms with Gasteiger partial charge in [-0.15, -0.1) is 0 Å². The molecule has 1 aliphatic heterocycles. The molecular weight excluding hydrogens is 492 g/mol. The largest absolute Gasteiger partial charge is 0.379 e. The Balaban J connectivity index is 1.84. The van der Waals surface area contributed by atoms with Gasteiger partial charge in [0.1, 0.15) is 10.6 Å². The highest BCUT2D eigenvalue weighted by atomic mass is 35.5. The van der Waals surface area contributed by atoms with E-state index in [1.54, 1.807) is 11.0 Å². The molecule has 1 saturated heterocycles. The molecule has 10 heteroatoms. The van der Waals surface area contributed by atoms with Crippen LogP contribution >= 0.6 is 11.6 Å². The van der Waals surface area contributed by atoms with Gasteiger partial charge in [0.05, 0.1) is 6.10 Å². The minimum Gasteiger partial charge on any atom is -0.379 e. The SMILES string of the molecule is CC(=O)Nc1ccc(S(=O)(=O)Oc2ccc(Cl)cc2CN(C[C@H]2CCCO2)C(=O)CC(C)C)cc1. The third-order valence-corrected chi connectivity index (χ3v) is 6.91. The molecule has 35 heavy (non-hydrogen) atoms. The van der Waals surface area contributed by atoms with Gasteiger partial charge >= 0.3 is 10.1 Å². The standard InChI is InChI=1S/C25H31ClN2O6S/c1-17(2)13-25(30)28(16-22-5-4-12-33-22)15-19-14-20(26)6-11-24(19)34-35(31,32)23-9-7-21(8-10-23)27-18(3)29/h6-11,14,17,22H,4-5,12-13,15-16H2,1-3H3,(H,27,29)/t22-/m1/s1. The van der Waals surface area contributed by atoms with Crippen LogP contribution in [0.4, 0.5) is 5.69 Å². The molecule has 1 heterocycles. The minimum absolute atomic E-state index is 0.0437. The molecular formula is C25H31ClN2O6S. The second kappa shape index (κ2) is 11.9. The smallest absolute Gasteiger partial charge is 0.339 e. The van der Waals surface area contributed by atoms with Gasteiger partial charge in [0.15, 0.2) is 0 Å². The highest BCUT2D eigenvalue weighted by Crippen LogP contribution is 2.29. The summed E-state index contributed by atoms with van der Waals surface area (Å²) in [5.41, 5.74) is 0.947. The summed E-state index contributed by atoms with van der Waals surface area (Å²) >= 11 is 6.21. The van der Waals surface area contributed by atoms with Crippen LogP contribution in [-0.2, 0) is 31.0 Å². The van der Waals surface area contributed by atoms with Crippen molar-refractivity contribution in [1.29, 1.82) is 0 Å². The number of halogens is 1. The predicted molar refractivity (Wildman–Crippen MR) is 134 cm³/mol. The number of hydrogen-bond donors (Lipinski definition) is 1. The summed E-state index contributed by atoms with van der Waals surface area (Å²) in [6, 6.07) is 10.3. The molecule has 0 spiro atoms. The van der Waals surface area contributed by atoms with Gasteiger partial charge in [-0.25, -0.2) is 0 Å². The van der Waals surface area contributed by atoms with Crippen LogP contribution in [0.25, 0.3) is 0 Å². The minimum atomic E-state index is -4.18. The fourth-order valence-electron chi connectivity index (χ4n) is 3.80. The molecule has 1 atom stereocenters. The summed E-state index contributed by atoms with van der Waals surface area (Å²) in [6.07, 6.45) is 2.12. The quantitative estimate of drug-likeness (QED) is 0.457. The van der Waals surface area contributed by atoms with Gasteiger partial charge in [-0.1, -0.05) is 25.4 Å². The van der Waals surface area contributed by atoms with E-state index in [9.17, 15) is 18.0 Å². The number of carbonyl (C=O) groups excluding carboxylic acids is 2. The van der Waals surface area contributed by atoms with E-state index >= 15 is 0 Å². The van der Waals surface area contributed by atoms with Gasteiger partial charge in [0, 0.05) is 49.3 Å². The van der Waals surface area contributed by atoms with E-state index in [-0.39, 0.29) is 41.0 Å². The van der Waals surface area contributed by atoms with Crippen molar-refractivity contribution in [2.24, 2.45) is 5.92 Å². The first-order valence-electron chi connectivity index (χ1n) is 11.5. The molecule has 2 aromatic rings. The highest BCUT2D eigenvalue weighted by Gasteiger charge is 2.26. The van der Waals surface area contributed by atoms with Crippen LogP contribution in [0.1, 0.15) is 45.6 Å². The maximum atomic E-state index is 13.0. The van der Waals surface area contributed by atoms with Gasteiger partial charge < -0.3 is 19.1 Å². The van der Waals surface area contributed by atoms with Crippen LogP contribution in [0.2, 0.25) is 5.02 Å². The Morgan fingerprint density at radius 3 is 2.51 bits per heavy atom. The Morgan fingerprint density at radius 1 is 1.20 bits per heavy atom. The summed E-state index contributed by atoms with van der Waals surface area (Å²) in [6.45, 7) is 6.53. The number of ether oxygens (including phenoxy) is 1. The molecule has 0 aliphatic carbocycles. The molecule has 3 rings (SSSR count). The van der Waals surface area contributed by atoms with Gasteiger partial charge in [-0.3, -0.25) is 9.59 Å². The van der Waals surface area contributed by atoms with Gasteiger partial charge in [0.2, 0.25) is 11.8 Å². The van der Waals surface area contributed by atoms with E-state index in [4.69, 9.17) is 20.5 Å². The van der Waals surface area contributed by atoms with Crippen molar-refractivity contribution in [3.8, 4) is 5.75 Å². The van der Waals surface area contributed by atoms with E-state index in [0.717, 1.165) is 12.8 Å². The monoisotopic (exact) mass is 522 g/mol. The zero-order valence-corrected chi connectivity index (χ0v) is 21.7. The molecule has 1 fully saturated rings. The summed E-state index contributed by atoms with van der Waals surface area (Å²) < 4.78 is 37.2. The number of nitrogens with zero attached hydrogens (tertiary/aromatic N) is 1. The molecule has 8 nitrogen and oxygen atoms in total. The summed E-state index contributed by atoms with van der Waals surface area (Å²) in [4.78, 5) is 25.8. The Hall–Kier alpha value is -2.62. The molecule has 1 aliphatic rings. The first kappa shape index (κ1) is 27.0. The van der Waals surface area contributed by atoms with Crippen molar-refractivity contribution < 1.29 is 26.9 Å². The maximum absolute atomic E-state index is 13.0. The molecule has 0 unspecified atom stereocenters. The third kappa shape index (κ3) is 7.95. The van der Waals surface area contributed by atoms with Crippen molar-refractivity contribution in [3.63, 3.8) is 0 Å². The van der Waals surface area contributed by atoms with Crippen LogP contribution in [-0.4, -0.2) is 44.4 Å². The summed E-state index contributed by atoms with van der Waals surface area (Å²) in [7, 11) is -4.18. The number of rotatable bonds is 10. The molecule has 2 aromatic carbocycles. The van der Waals surface area contributed by atoms with Gasteiger partial charge in [0.25, 0.3) is 0 Å². The average molecular weight is 523 g/mol. The number of carbonyl (C=O) groups is 2.